The Morgan fingerprint density at radius 1 is 1.00 bits per heavy atom. The molecule has 1 unspecified atom stereocenters. The maximum atomic E-state index is 11.8. The molecule has 1 atom stereocenters. The van der Waals surface area contributed by atoms with Crippen molar-refractivity contribution in [3.05, 3.63) is 0 Å². The third-order valence-corrected chi connectivity index (χ3v) is 3.56. The highest BCUT2D eigenvalue weighted by Crippen LogP contribution is 2.11. The molecular formula is C16H29NO4. The zero-order valence-corrected chi connectivity index (χ0v) is 13.1. The fraction of sp³-hybridized carbons (Fsp3) is 0.812. The molecule has 0 saturated heterocycles. The monoisotopic (exact) mass is 299 g/mol. The number of unbranched alkanes of at least 4 members (excludes halogenated alkanes) is 8. The molecule has 0 aromatic heterocycles. The Bertz CT molecular complexity index is 305. The lowest BCUT2D eigenvalue weighted by atomic mass is 10.0. The number of aliphatic carboxylic acids is 1. The molecule has 0 aliphatic carbocycles. The number of amides is 1. The predicted molar refractivity (Wildman–Crippen MR) is 82.1 cm³/mol. The number of hydrogen-bond acceptors (Lipinski definition) is 3. The largest absolute Gasteiger partial charge is 0.481 e. The third-order valence-electron chi connectivity index (χ3n) is 3.56. The third kappa shape index (κ3) is 12.1. The molecule has 21 heavy (non-hydrogen) atoms. The van der Waals surface area contributed by atoms with E-state index < -0.39 is 12.0 Å². The number of Topliss-reactive ketones (excluding diaryl/α,β-unsaturated/α-hetero) is 1. The molecule has 0 aliphatic heterocycles. The molecule has 1 amide bonds. The normalized spacial score (nSPS) is 11.9. The topological polar surface area (TPSA) is 83.5 Å². The summed E-state index contributed by atoms with van der Waals surface area (Å²) in [6.07, 6.45) is 10.9. The Kier molecular flexibility index (Phi) is 12.7. The fourth-order valence-corrected chi connectivity index (χ4v) is 2.31. The summed E-state index contributed by atoms with van der Waals surface area (Å²) in [6, 6.07) is -0.881. The van der Waals surface area contributed by atoms with Crippen LogP contribution in [0.15, 0.2) is 0 Å². The lowest BCUT2D eigenvalue weighted by molar-refractivity contribution is -0.139. The molecule has 0 aliphatic rings. The number of carboxylic acid groups (broad SMARTS) is 1. The molecule has 5 nitrogen and oxygen atoms in total. The lowest BCUT2D eigenvalue weighted by Crippen LogP contribution is -2.37. The van der Waals surface area contributed by atoms with Gasteiger partial charge in [-0.05, 0) is 6.42 Å². The molecule has 5 heteroatoms. The predicted octanol–water partition coefficient (Wildman–Crippen LogP) is 3.07. The molecule has 0 saturated carbocycles. The van der Waals surface area contributed by atoms with E-state index in [2.05, 4.69) is 12.2 Å². The molecule has 0 aromatic rings. The number of ketones is 1. The van der Waals surface area contributed by atoms with Crippen LogP contribution in [0.4, 0.5) is 0 Å². The van der Waals surface area contributed by atoms with Gasteiger partial charge in [-0.3, -0.25) is 14.4 Å². The first kappa shape index (κ1) is 19.6. The highest BCUT2D eigenvalue weighted by molar-refractivity contribution is 5.89. The highest BCUT2D eigenvalue weighted by Gasteiger charge is 2.19. The average Bonchev–Trinajstić information content (AvgIpc) is 2.44. The van der Waals surface area contributed by atoms with Crippen LogP contribution in [0.25, 0.3) is 0 Å². The molecule has 0 aromatic carbocycles. The van der Waals surface area contributed by atoms with Crippen LogP contribution in [0.3, 0.4) is 0 Å². The van der Waals surface area contributed by atoms with Gasteiger partial charge in [0, 0.05) is 6.42 Å². The van der Waals surface area contributed by atoms with Crippen molar-refractivity contribution >= 4 is 18.2 Å². The van der Waals surface area contributed by atoms with Gasteiger partial charge in [-0.15, -0.1) is 0 Å². The molecule has 2 N–H and O–H groups in total. The van der Waals surface area contributed by atoms with Crippen molar-refractivity contribution in [1.82, 2.24) is 5.32 Å². The van der Waals surface area contributed by atoms with Crippen LogP contribution in [-0.4, -0.2) is 29.3 Å². The van der Waals surface area contributed by atoms with Crippen molar-refractivity contribution in [1.29, 1.82) is 0 Å². The van der Waals surface area contributed by atoms with Gasteiger partial charge in [0.2, 0.25) is 6.41 Å². The number of carbonyl (C=O) groups excluding carboxylic acids is 2. The average molecular weight is 299 g/mol. The van der Waals surface area contributed by atoms with Gasteiger partial charge < -0.3 is 10.4 Å². The summed E-state index contributed by atoms with van der Waals surface area (Å²) in [5, 5.41) is 11.0. The number of hydrogen-bond donors (Lipinski definition) is 2. The van der Waals surface area contributed by atoms with Gasteiger partial charge in [0.1, 0.15) is 0 Å². The van der Waals surface area contributed by atoms with Gasteiger partial charge in [0.25, 0.3) is 0 Å². The van der Waals surface area contributed by atoms with E-state index in [1.165, 1.54) is 38.5 Å². The van der Waals surface area contributed by atoms with Crippen molar-refractivity contribution in [2.45, 2.75) is 83.6 Å². The zero-order chi connectivity index (χ0) is 15.9. The minimum atomic E-state index is -1.07. The molecular weight excluding hydrogens is 270 g/mol. The maximum absolute atomic E-state index is 11.8. The summed E-state index contributed by atoms with van der Waals surface area (Å²) in [7, 11) is 0. The van der Waals surface area contributed by atoms with Crippen molar-refractivity contribution < 1.29 is 19.5 Å². The maximum Gasteiger partial charge on any atom is 0.305 e. The summed E-state index contributed by atoms with van der Waals surface area (Å²) in [5.74, 6) is -1.26. The molecule has 0 rings (SSSR count). The zero-order valence-electron chi connectivity index (χ0n) is 13.1. The van der Waals surface area contributed by atoms with Crippen LogP contribution in [0.1, 0.15) is 77.6 Å². The molecule has 0 heterocycles. The minimum absolute atomic E-state index is 0.188. The molecule has 122 valence electrons. The summed E-state index contributed by atoms with van der Waals surface area (Å²) in [4.78, 5) is 32.8. The molecule has 0 fully saturated rings. The van der Waals surface area contributed by atoms with E-state index in [4.69, 9.17) is 5.11 Å². The molecule has 0 bridgehead atoms. The number of nitrogens with one attached hydrogen (secondary N) is 1. The smallest absolute Gasteiger partial charge is 0.305 e. The summed E-state index contributed by atoms with van der Waals surface area (Å²) in [6.45, 7) is 2.20. The van der Waals surface area contributed by atoms with E-state index in [1.54, 1.807) is 0 Å². The second-order valence-corrected chi connectivity index (χ2v) is 5.48. The van der Waals surface area contributed by atoms with Gasteiger partial charge in [-0.2, -0.15) is 0 Å². The van der Waals surface area contributed by atoms with E-state index in [1.807, 2.05) is 0 Å². The van der Waals surface area contributed by atoms with Gasteiger partial charge in [0.15, 0.2) is 5.78 Å². The molecule has 0 radical (unpaired) electrons. The molecule has 0 spiro atoms. The quantitative estimate of drug-likeness (QED) is 0.359. The van der Waals surface area contributed by atoms with Crippen molar-refractivity contribution in [3.63, 3.8) is 0 Å². The van der Waals surface area contributed by atoms with Crippen LogP contribution < -0.4 is 5.32 Å². The van der Waals surface area contributed by atoms with Gasteiger partial charge in [0.05, 0.1) is 12.5 Å². The van der Waals surface area contributed by atoms with Gasteiger partial charge >= 0.3 is 5.97 Å². The SMILES string of the molecule is CCCCCCCCCCCC(=O)C(CC(=O)O)NC=O. The van der Waals surface area contributed by atoms with Crippen molar-refractivity contribution in [3.8, 4) is 0 Å². The number of rotatable bonds is 15. The van der Waals surface area contributed by atoms with Crippen molar-refractivity contribution in [2.75, 3.05) is 0 Å². The van der Waals surface area contributed by atoms with E-state index in [-0.39, 0.29) is 12.2 Å². The van der Waals surface area contributed by atoms with Crippen molar-refractivity contribution in [2.24, 2.45) is 0 Å². The van der Waals surface area contributed by atoms with E-state index in [0.29, 0.717) is 12.8 Å². The Labute approximate surface area is 127 Å². The lowest BCUT2D eigenvalue weighted by Gasteiger charge is -2.12. The standard InChI is InChI=1S/C16H29NO4/c1-2-3-4-5-6-7-8-9-10-11-15(19)14(17-13-18)12-16(20)21/h13-14H,2-12H2,1H3,(H,17,18)(H,20,21). The number of carbonyl (C=O) groups is 3. The van der Waals surface area contributed by atoms with Gasteiger partial charge in [-0.25, -0.2) is 0 Å². The van der Waals surface area contributed by atoms with Crippen LogP contribution in [0.5, 0.6) is 0 Å². The Morgan fingerprint density at radius 2 is 1.52 bits per heavy atom. The van der Waals surface area contributed by atoms with Gasteiger partial charge in [-0.1, -0.05) is 58.3 Å². The summed E-state index contributed by atoms with van der Waals surface area (Å²) in [5.41, 5.74) is 0. The van der Waals surface area contributed by atoms with Crippen LogP contribution >= 0.6 is 0 Å². The second-order valence-electron chi connectivity index (χ2n) is 5.48. The van der Waals surface area contributed by atoms with E-state index >= 15 is 0 Å². The second kappa shape index (κ2) is 13.6. The Balaban J connectivity index is 3.62. The fourth-order valence-electron chi connectivity index (χ4n) is 2.31. The highest BCUT2D eigenvalue weighted by atomic mass is 16.4. The number of carboxylic acids is 1. The summed E-state index contributed by atoms with van der Waals surface area (Å²) < 4.78 is 0. The van der Waals surface area contributed by atoms with Crippen LogP contribution in [-0.2, 0) is 14.4 Å². The first-order valence-electron chi connectivity index (χ1n) is 8.06. The minimum Gasteiger partial charge on any atom is -0.481 e. The van der Waals surface area contributed by atoms with E-state index in [0.717, 1.165) is 19.3 Å². The summed E-state index contributed by atoms with van der Waals surface area (Å²) >= 11 is 0. The first-order chi connectivity index (χ1) is 10.1. The van der Waals surface area contributed by atoms with E-state index in [9.17, 15) is 14.4 Å². The first-order valence-corrected chi connectivity index (χ1v) is 8.06. The van der Waals surface area contributed by atoms with Crippen LogP contribution in [0.2, 0.25) is 0 Å². The Morgan fingerprint density at radius 3 is 2.00 bits per heavy atom. The Hall–Kier alpha value is -1.39. The van der Waals surface area contributed by atoms with Crippen LogP contribution in [0, 0.1) is 0 Å².